The summed E-state index contributed by atoms with van der Waals surface area (Å²) in [6, 6.07) is 7.37. The van der Waals surface area contributed by atoms with Crippen molar-refractivity contribution in [3.8, 4) is 0 Å². The molecule has 1 heterocycles. The summed E-state index contributed by atoms with van der Waals surface area (Å²) in [5.74, 6) is -0.0766. The van der Waals surface area contributed by atoms with E-state index in [1.54, 1.807) is 25.4 Å². The van der Waals surface area contributed by atoms with Crippen LogP contribution in [0.4, 0.5) is 5.69 Å². The maximum Gasteiger partial charge on any atom is 0.251 e. The van der Waals surface area contributed by atoms with E-state index in [4.69, 9.17) is 0 Å². The van der Waals surface area contributed by atoms with E-state index in [-0.39, 0.29) is 5.91 Å². The maximum absolute atomic E-state index is 11.4. The van der Waals surface area contributed by atoms with E-state index < -0.39 is 0 Å². The van der Waals surface area contributed by atoms with Gasteiger partial charge in [-0.2, -0.15) is 5.10 Å². The van der Waals surface area contributed by atoms with Crippen LogP contribution in [0.5, 0.6) is 0 Å². The van der Waals surface area contributed by atoms with Crippen LogP contribution in [0.2, 0.25) is 0 Å². The second-order valence-corrected chi connectivity index (χ2v) is 4.03. The summed E-state index contributed by atoms with van der Waals surface area (Å²) in [6.07, 6.45) is 1.81. The van der Waals surface area contributed by atoms with Crippen LogP contribution >= 0.6 is 0 Å². The summed E-state index contributed by atoms with van der Waals surface area (Å²) in [5.41, 5.74) is 3.82. The quantitative estimate of drug-likeness (QED) is 0.766. The zero-order valence-corrected chi connectivity index (χ0v) is 10.4. The van der Waals surface area contributed by atoms with Gasteiger partial charge < -0.3 is 10.6 Å². The zero-order chi connectivity index (χ0) is 13.0. The van der Waals surface area contributed by atoms with Crippen molar-refractivity contribution in [3.63, 3.8) is 0 Å². The first-order valence-electron chi connectivity index (χ1n) is 5.75. The number of anilines is 1. The summed E-state index contributed by atoms with van der Waals surface area (Å²) >= 11 is 0. The van der Waals surface area contributed by atoms with Crippen molar-refractivity contribution >= 4 is 11.6 Å². The fourth-order valence-electron chi connectivity index (χ4n) is 1.63. The molecule has 1 aromatic carbocycles. The minimum absolute atomic E-state index is 0.0766. The van der Waals surface area contributed by atoms with Crippen LogP contribution in [0.3, 0.4) is 0 Å². The lowest BCUT2D eigenvalue weighted by molar-refractivity contribution is 0.0963. The summed E-state index contributed by atoms with van der Waals surface area (Å²) < 4.78 is 0. The first kappa shape index (κ1) is 12.2. The van der Waals surface area contributed by atoms with Crippen LogP contribution < -0.4 is 10.6 Å². The monoisotopic (exact) mass is 244 g/mol. The molecule has 5 nitrogen and oxygen atoms in total. The number of aromatic amines is 1. The third-order valence-corrected chi connectivity index (χ3v) is 2.79. The Morgan fingerprint density at radius 1 is 1.33 bits per heavy atom. The average Bonchev–Trinajstić information content (AvgIpc) is 2.81. The molecule has 0 bridgehead atoms. The topological polar surface area (TPSA) is 69.8 Å². The van der Waals surface area contributed by atoms with Crippen molar-refractivity contribution in [2.75, 3.05) is 12.4 Å². The lowest BCUT2D eigenvalue weighted by Crippen LogP contribution is -2.17. The van der Waals surface area contributed by atoms with Crippen molar-refractivity contribution in [1.29, 1.82) is 0 Å². The van der Waals surface area contributed by atoms with Crippen molar-refractivity contribution in [2.24, 2.45) is 0 Å². The Morgan fingerprint density at radius 2 is 2.06 bits per heavy atom. The third kappa shape index (κ3) is 2.68. The van der Waals surface area contributed by atoms with Crippen molar-refractivity contribution in [3.05, 3.63) is 47.3 Å². The number of nitrogens with one attached hydrogen (secondary N) is 3. The number of carbonyl (C=O) groups is 1. The van der Waals surface area contributed by atoms with E-state index in [9.17, 15) is 4.79 Å². The Labute approximate surface area is 106 Å². The van der Waals surface area contributed by atoms with Gasteiger partial charge in [-0.15, -0.1) is 0 Å². The molecule has 0 spiro atoms. The molecule has 0 aliphatic heterocycles. The molecule has 0 unspecified atom stereocenters. The van der Waals surface area contributed by atoms with Crippen molar-refractivity contribution < 1.29 is 4.79 Å². The van der Waals surface area contributed by atoms with Crippen LogP contribution in [-0.4, -0.2) is 23.2 Å². The van der Waals surface area contributed by atoms with Gasteiger partial charge >= 0.3 is 0 Å². The first-order chi connectivity index (χ1) is 8.70. The molecule has 0 saturated carbocycles. The van der Waals surface area contributed by atoms with Gasteiger partial charge in [0.2, 0.25) is 0 Å². The second kappa shape index (κ2) is 5.35. The molecule has 5 heteroatoms. The minimum atomic E-state index is -0.0766. The normalized spacial score (nSPS) is 10.1. The number of benzene rings is 1. The molecule has 0 fully saturated rings. The van der Waals surface area contributed by atoms with Crippen LogP contribution in [0, 0.1) is 6.92 Å². The summed E-state index contributed by atoms with van der Waals surface area (Å²) in [4.78, 5) is 11.4. The molecule has 1 aromatic heterocycles. The van der Waals surface area contributed by atoms with Gasteiger partial charge in [0.1, 0.15) is 0 Å². The van der Waals surface area contributed by atoms with Gasteiger partial charge in [0.15, 0.2) is 0 Å². The Hall–Kier alpha value is -2.30. The second-order valence-electron chi connectivity index (χ2n) is 4.03. The number of nitrogens with zero attached hydrogens (tertiary/aromatic N) is 1. The van der Waals surface area contributed by atoms with E-state index >= 15 is 0 Å². The van der Waals surface area contributed by atoms with E-state index in [0.29, 0.717) is 12.1 Å². The van der Waals surface area contributed by atoms with Gasteiger partial charge in [-0.05, 0) is 31.2 Å². The fraction of sp³-hybridized carbons (Fsp3) is 0.231. The van der Waals surface area contributed by atoms with Crippen molar-refractivity contribution in [1.82, 2.24) is 15.5 Å². The van der Waals surface area contributed by atoms with Crippen LogP contribution in [-0.2, 0) is 6.54 Å². The predicted molar refractivity (Wildman–Crippen MR) is 70.5 cm³/mol. The molecule has 0 atom stereocenters. The van der Waals surface area contributed by atoms with E-state index in [1.807, 2.05) is 19.1 Å². The molecule has 0 radical (unpaired) electrons. The Morgan fingerprint density at radius 3 is 2.61 bits per heavy atom. The molecule has 3 N–H and O–H groups in total. The lowest BCUT2D eigenvalue weighted by atomic mass is 10.2. The Bertz CT molecular complexity index is 530. The van der Waals surface area contributed by atoms with E-state index in [0.717, 1.165) is 16.9 Å². The van der Waals surface area contributed by atoms with Gasteiger partial charge in [0.05, 0.1) is 6.20 Å². The Balaban J connectivity index is 1.98. The fourth-order valence-corrected chi connectivity index (χ4v) is 1.63. The molecule has 2 aromatic rings. The van der Waals surface area contributed by atoms with Crippen LogP contribution in [0.25, 0.3) is 0 Å². The number of hydrogen-bond acceptors (Lipinski definition) is 3. The molecule has 0 saturated heterocycles. The highest BCUT2D eigenvalue weighted by Crippen LogP contribution is 2.12. The summed E-state index contributed by atoms with van der Waals surface area (Å²) in [7, 11) is 1.62. The van der Waals surface area contributed by atoms with E-state index in [2.05, 4.69) is 20.8 Å². The van der Waals surface area contributed by atoms with Crippen molar-refractivity contribution in [2.45, 2.75) is 13.5 Å². The van der Waals surface area contributed by atoms with Gasteiger partial charge in [0, 0.05) is 36.1 Å². The number of aromatic nitrogens is 2. The molecule has 18 heavy (non-hydrogen) atoms. The first-order valence-corrected chi connectivity index (χ1v) is 5.75. The van der Waals surface area contributed by atoms with Crippen LogP contribution in [0.15, 0.2) is 30.5 Å². The molecule has 0 aliphatic carbocycles. The highest BCUT2D eigenvalue weighted by atomic mass is 16.1. The number of H-pyrrole nitrogens is 1. The molecule has 0 aliphatic rings. The number of aryl methyl sites for hydroxylation is 1. The Kier molecular flexibility index (Phi) is 3.62. The number of hydrogen-bond donors (Lipinski definition) is 3. The van der Waals surface area contributed by atoms with Gasteiger partial charge in [-0.25, -0.2) is 0 Å². The standard InChI is InChI=1S/C13H16N4O/c1-9-11(8-16-17-9)7-15-12-5-3-10(4-6-12)13(18)14-2/h3-6,8,15H,7H2,1-2H3,(H,14,18)(H,16,17). The van der Waals surface area contributed by atoms with Gasteiger partial charge in [-0.1, -0.05) is 0 Å². The highest BCUT2D eigenvalue weighted by Gasteiger charge is 2.03. The summed E-state index contributed by atoms with van der Waals surface area (Å²) in [5, 5.41) is 12.7. The average molecular weight is 244 g/mol. The number of rotatable bonds is 4. The summed E-state index contributed by atoms with van der Waals surface area (Å²) in [6.45, 7) is 2.69. The third-order valence-electron chi connectivity index (χ3n) is 2.79. The molecule has 94 valence electrons. The molecule has 1 amide bonds. The number of carbonyl (C=O) groups excluding carboxylic acids is 1. The largest absolute Gasteiger partial charge is 0.381 e. The van der Waals surface area contributed by atoms with Gasteiger partial charge in [-0.3, -0.25) is 9.89 Å². The molecular weight excluding hydrogens is 228 g/mol. The maximum atomic E-state index is 11.4. The highest BCUT2D eigenvalue weighted by molar-refractivity contribution is 5.94. The molecule has 2 rings (SSSR count). The SMILES string of the molecule is CNC(=O)c1ccc(NCc2cn[nH]c2C)cc1. The smallest absolute Gasteiger partial charge is 0.251 e. The zero-order valence-electron chi connectivity index (χ0n) is 10.4. The van der Waals surface area contributed by atoms with Gasteiger partial charge in [0.25, 0.3) is 5.91 Å². The molecular formula is C13H16N4O. The van der Waals surface area contributed by atoms with E-state index in [1.165, 1.54) is 0 Å². The minimum Gasteiger partial charge on any atom is -0.381 e. The predicted octanol–water partition coefficient (Wildman–Crippen LogP) is 1.69. The number of amides is 1. The lowest BCUT2D eigenvalue weighted by Gasteiger charge is -2.06. The van der Waals surface area contributed by atoms with Crippen LogP contribution in [0.1, 0.15) is 21.6 Å².